The van der Waals surface area contributed by atoms with Crippen molar-refractivity contribution in [2.24, 2.45) is 22.7 Å². The van der Waals surface area contributed by atoms with Crippen LogP contribution in [-0.2, 0) is 14.2 Å². The van der Waals surface area contributed by atoms with Crippen LogP contribution in [0, 0.1) is 22.7 Å². The Morgan fingerprint density at radius 2 is 1.66 bits per heavy atom. The number of aliphatic hydroxyl groups excluding tert-OH is 3. The number of aliphatic hydroxyl groups is 4. The number of carbonyl (C=O) groups is 1. The third kappa shape index (κ3) is 4.44. The molecule has 1 heterocycles. The van der Waals surface area contributed by atoms with Crippen molar-refractivity contribution in [3.63, 3.8) is 0 Å². The summed E-state index contributed by atoms with van der Waals surface area (Å²) in [6.45, 7) is 6.32. The van der Waals surface area contributed by atoms with Crippen LogP contribution >= 0.6 is 0 Å². The van der Waals surface area contributed by atoms with Gasteiger partial charge in [-0.3, -0.25) is 0 Å². The highest BCUT2D eigenvalue weighted by atomic mass is 16.7. The van der Waals surface area contributed by atoms with Gasteiger partial charge in [-0.25, -0.2) is 4.79 Å². The van der Waals surface area contributed by atoms with Gasteiger partial charge < -0.3 is 34.6 Å². The van der Waals surface area contributed by atoms with Crippen molar-refractivity contribution in [2.45, 2.75) is 120 Å². The molecule has 0 aromatic heterocycles. The van der Waals surface area contributed by atoms with Gasteiger partial charge in [-0.2, -0.15) is 0 Å². The standard InChI is InChI=1S/C33H46O8/c1-18-26(34)27(35)28(36)30(40-18)41-22-11-14-31(2)21(17-22)9-10-25-24(31)12-15-32(3)23(13-16-33(25,32)38)19-5-7-20(8-6-19)29(37)39-4/h5-8,17-18,22-28,30,34-36,38H,9-16H2,1-4H3/t18-,22-,23+,24-,25+,26-,27+,28+,30-,31-,32+,33-/m0/s1. The quantitative estimate of drug-likeness (QED) is 0.318. The molecule has 12 atom stereocenters. The Morgan fingerprint density at radius 1 is 0.927 bits per heavy atom. The molecule has 0 bridgehead atoms. The molecular formula is C33H46O8. The summed E-state index contributed by atoms with van der Waals surface area (Å²) >= 11 is 0. The fraction of sp³-hybridized carbons (Fsp3) is 0.727. The monoisotopic (exact) mass is 570 g/mol. The molecule has 0 radical (unpaired) electrons. The number of rotatable bonds is 4. The normalized spacial score (nSPS) is 47.5. The lowest BCUT2D eigenvalue weighted by Crippen LogP contribution is -2.60. The van der Waals surface area contributed by atoms with E-state index < -0.39 is 36.3 Å². The number of allylic oxidation sites excluding steroid dienone is 1. The lowest BCUT2D eigenvalue weighted by atomic mass is 9.45. The summed E-state index contributed by atoms with van der Waals surface area (Å²) in [5.41, 5.74) is 2.12. The van der Waals surface area contributed by atoms with Gasteiger partial charge in [-0.1, -0.05) is 37.6 Å². The summed E-state index contributed by atoms with van der Waals surface area (Å²) in [5, 5.41) is 43.2. The van der Waals surface area contributed by atoms with Gasteiger partial charge in [0.2, 0.25) is 0 Å². The summed E-state index contributed by atoms with van der Waals surface area (Å²) in [5.74, 6) is 0.517. The second-order valence-corrected chi connectivity index (χ2v) is 13.8. The SMILES string of the molecule is COC(=O)c1ccc([C@H]2CC[C@]3(O)[C@@H]4CCC5=C[C@@H](O[C@@H]6O[C@@H](C)[C@H](O)[C@@H](O)[C@H]6O)CC[C@]5(C)[C@H]4CC[C@]23C)cc1. The largest absolute Gasteiger partial charge is 0.465 e. The van der Waals surface area contributed by atoms with Crippen molar-refractivity contribution in [2.75, 3.05) is 7.11 Å². The smallest absolute Gasteiger partial charge is 0.337 e. The summed E-state index contributed by atoms with van der Waals surface area (Å²) in [4.78, 5) is 12.0. The Bertz CT molecular complexity index is 1180. The maximum absolute atomic E-state index is 12.5. The van der Waals surface area contributed by atoms with E-state index in [1.807, 2.05) is 24.3 Å². The highest BCUT2D eigenvalue weighted by Crippen LogP contribution is 2.70. The zero-order valence-corrected chi connectivity index (χ0v) is 24.7. The van der Waals surface area contributed by atoms with Crippen LogP contribution < -0.4 is 0 Å². The molecule has 5 aliphatic rings. The molecule has 4 fully saturated rings. The molecular weight excluding hydrogens is 524 g/mol. The molecule has 226 valence electrons. The molecule has 8 nitrogen and oxygen atoms in total. The van der Waals surface area contributed by atoms with Crippen LogP contribution in [0.15, 0.2) is 35.9 Å². The number of fused-ring (bicyclic) bond motifs is 5. The van der Waals surface area contributed by atoms with Crippen LogP contribution in [0.5, 0.6) is 0 Å². The number of benzene rings is 1. The van der Waals surface area contributed by atoms with Crippen LogP contribution in [0.4, 0.5) is 0 Å². The Kier molecular flexibility index (Phi) is 7.44. The van der Waals surface area contributed by atoms with E-state index in [4.69, 9.17) is 14.2 Å². The van der Waals surface area contributed by atoms with Gasteiger partial charge >= 0.3 is 5.97 Å². The Morgan fingerprint density at radius 3 is 2.37 bits per heavy atom. The Hall–Kier alpha value is -1.81. The third-order valence-electron chi connectivity index (χ3n) is 12.1. The average molecular weight is 571 g/mol. The van der Waals surface area contributed by atoms with Crippen molar-refractivity contribution < 1.29 is 39.4 Å². The van der Waals surface area contributed by atoms with E-state index in [0.29, 0.717) is 11.5 Å². The zero-order chi connectivity index (χ0) is 29.3. The Labute approximate surface area is 242 Å². The maximum Gasteiger partial charge on any atom is 0.337 e. The lowest BCUT2D eigenvalue weighted by Gasteiger charge is -2.62. The first kappa shape index (κ1) is 29.3. The van der Waals surface area contributed by atoms with Gasteiger partial charge in [0.15, 0.2) is 6.29 Å². The van der Waals surface area contributed by atoms with Crippen LogP contribution in [0.25, 0.3) is 0 Å². The van der Waals surface area contributed by atoms with E-state index >= 15 is 0 Å². The van der Waals surface area contributed by atoms with Gasteiger partial charge in [0.05, 0.1) is 30.5 Å². The molecule has 0 unspecified atom stereocenters. The minimum Gasteiger partial charge on any atom is -0.465 e. The molecule has 4 N–H and O–H groups in total. The molecule has 1 aromatic carbocycles. The van der Waals surface area contributed by atoms with Crippen molar-refractivity contribution in [1.82, 2.24) is 0 Å². The first-order chi connectivity index (χ1) is 19.4. The molecule has 6 rings (SSSR count). The highest BCUT2D eigenvalue weighted by Gasteiger charge is 2.66. The number of methoxy groups -OCH3 is 1. The number of hydrogen-bond donors (Lipinski definition) is 4. The minimum atomic E-state index is -1.31. The van der Waals surface area contributed by atoms with Crippen molar-refractivity contribution in [3.8, 4) is 0 Å². The predicted octanol–water partition coefficient (Wildman–Crippen LogP) is 3.85. The van der Waals surface area contributed by atoms with E-state index in [2.05, 4.69) is 19.9 Å². The predicted molar refractivity (Wildman–Crippen MR) is 151 cm³/mol. The molecule has 4 aliphatic carbocycles. The summed E-state index contributed by atoms with van der Waals surface area (Å²) in [7, 11) is 1.39. The van der Waals surface area contributed by atoms with Crippen LogP contribution in [0.1, 0.15) is 94.0 Å². The van der Waals surface area contributed by atoms with E-state index in [1.54, 1.807) is 6.92 Å². The second-order valence-electron chi connectivity index (χ2n) is 13.8. The molecule has 3 saturated carbocycles. The summed E-state index contributed by atoms with van der Waals surface area (Å²) in [6.07, 6.45) is 3.88. The average Bonchev–Trinajstić information content (AvgIpc) is 3.25. The topological polar surface area (TPSA) is 126 Å². The van der Waals surface area contributed by atoms with Crippen molar-refractivity contribution in [3.05, 3.63) is 47.0 Å². The summed E-state index contributed by atoms with van der Waals surface area (Å²) in [6, 6.07) is 7.76. The summed E-state index contributed by atoms with van der Waals surface area (Å²) < 4.78 is 16.7. The fourth-order valence-electron chi connectivity index (χ4n) is 9.58. The van der Waals surface area contributed by atoms with Gasteiger partial charge in [0.25, 0.3) is 0 Å². The molecule has 1 aliphatic heterocycles. The number of hydrogen-bond acceptors (Lipinski definition) is 8. The van der Waals surface area contributed by atoms with Crippen LogP contribution in [0.2, 0.25) is 0 Å². The van der Waals surface area contributed by atoms with Gasteiger partial charge in [-0.15, -0.1) is 0 Å². The molecule has 8 heteroatoms. The number of esters is 1. The van der Waals surface area contributed by atoms with Crippen molar-refractivity contribution >= 4 is 5.97 Å². The van der Waals surface area contributed by atoms with E-state index in [0.717, 1.165) is 51.4 Å². The number of carbonyl (C=O) groups excluding carboxylic acids is 1. The van der Waals surface area contributed by atoms with E-state index in [9.17, 15) is 25.2 Å². The second kappa shape index (κ2) is 10.4. The van der Waals surface area contributed by atoms with E-state index in [1.165, 1.54) is 18.2 Å². The van der Waals surface area contributed by atoms with Crippen LogP contribution in [0.3, 0.4) is 0 Å². The maximum atomic E-state index is 12.5. The van der Waals surface area contributed by atoms with Crippen LogP contribution in [-0.4, -0.2) is 75.9 Å². The van der Waals surface area contributed by atoms with Crippen molar-refractivity contribution in [1.29, 1.82) is 0 Å². The first-order valence-corrected chi connectivity index (χ1v) is 15.4. The van der Waals surface area contributed by atoms with E-state index in [-0.39, 0.29) is 34.7 Å². The molecule has 41 heavy (non-hydrogen) atoms. The molecule has 0 amide bonds. The number of ether oxygens (including phenoxy) is 3. The zero-order valence-electron chi connectivity index (χ0n) is 24.7. The molecule has 1 aromatic rings. The van der Waals surface area contributed by atoms with Gasteiger partial charge in [0, 0.05) is 5.41 Å². The minimum absolute atomic E-state index is 0.0187. The first-order valence-electron chi connectivity index (χ1n) is 15.4. The third-order valence-corrected chi connectivity index (χ3v) is 12.1. The van der Waals surface area contributed by atoms with Gasteiger partial charge in [0.1, 0.15) is 18.3 Å². The molecule has 0 spiro atoms. The van der Waals surface area contributed by atoms with Gasteiger partial charge in [-0.05, 0) is 99.2 Å². The lowest BCUT2D eigenvalue weighted by molar-refractivity contribution is -0.301. The molecule has 1 saturated heterocycles. The fourth-order valence-corrected chi connectivity index (χ4v) is 9.58. The highest BCUT2D eigenvalue weighted by molar-refractivity contribution is 5.89. The Balaban J connectivity index is 1.19.